The molecule has 0 spiro atoms. The molecule has 1 rings (SSSR count). The molecule has 3 nitrogen and oxygen atoms in total. The molecule has 0 aliphatic heterocycles. The second-order valence-corrected chi connectivity index (χ2v) is 4.58. The Hall–Kier alpha value is -1.42. The molecule has 1 aromatic rings. The molecule has 17 heavy (non-hydrogen) atoms. The van der Waals surface area contributed by atoms with Gasteiger partial charge in [0.2, 0.25) is 5.91 Å². The number of halogens is 1. The predicted octanol–water partition coefficient (Wildman–Crippen LogP) is 1.55. The van der Waals surface area contributed by atoms with Crippen LogP contribution in [0.3, 0.4) is 0 Å². The van der Waals surface area contributed by atoms with E-state index in [1.165, 1.54) is 17.0 Å². The molecule has 94 valence electrons. The van der Waals surface area contributed by atoms with E-state index in [-0.39, 0.29) is 18.3 Å². The van der Waals surface area contributed by atoms with Gasteiger partial charge in [0.05, 0.1) is 12.0 Å². The van der Waals surface area contributed by atoms with Gasteiger partial charge in [-0.15, -0.1) is 0 Å². The van der Waals surface area contributed by atoms with E-state index in [4.69, 9.17) is 5.11 Å². The molecule has 4 heteroatoms. The molecule has 0 bridgehead atoms. The summed E-state index contributed by atoms with van der Waals surface area (Å²) in [5, 5.41) is 8.81. The molecule has 1 aromatic carbocycles. The summed E-state index contributed by atoms with van der Waals surface area (Å²) in [6.07, 6.45) is 0. The number of rotatable bonds is 4. The van der Waals surface area contributed by atoms with Crippen molar-refractivity contribution in [2.45, 2.75) is 19.3 Å². The van der Waals surface area contributed by atoms with Crippen molar-refractivity contribution in [3.63, 3.8) is 0 Å². The number of nitrogens with zero attached hydrogens (tertiary/aromatic N) is 1. The molecule has 0 radical (unpaired) electrons. The number of hydrogen-bond donors (Lipinski definition) is 1. The normalized spacial score (nSPS) is 11.4. The Morgan fingerprint density at radius 3 is 2.35 bits per heavy atom. The summed E-state index contributed by atoms with van der Waals surface area (Å²) in [5.74, 6) is -0.418. The highest BCUT2D eigenvalue weighted by atomic mass is 19.1. The maximum Gasteiger partial charge on any atom is 0.232 e. The third-order valence-corrected chi connectivity index (χ3v) is 2.88. The fourth-order valence-corrected chi connectivity index (χ4v) is 1.72. The fraction of sp³-hybridized carbons (Fsp3) is 0.462. The van der Waals surface area contributed by atoms with Crippen LogP contribution in [0.15, 0.2) is 24.3 Å². The number of aliphatic hydroxyl groups is 1. The van der Waals surface area contributed by atoms with Crippen LogP contribution in [0.4, 0.5) is 4.39 Å². The monoisotopic (exact) mass is 239 g/mol. The first-order chi connectivity index (χ1) is 7.89. The number of carbonyl (C=O) groups is 1. The van der Waals surface area contributed by atoms with Gasteiger partial charge in [-0.2, -0.15) is 0 Å². The Morgan fingerprint density at radius 2 is 1.88 bits per heavy atom. The van der Waals surface area contributed by atoms with Crippen molar-refractivity contribution in [3.05, 3.63) is 35.6 Å². The Morgan fingerprint density at radius 1 is 1.35 bits per heavy atom. The molecule has 0 aliphatic carbocycles. The number of carbonyl (C=O) groups excluding carboxylic acids is 1. The first kappa shape index (κ1) is 13.6. The van der Waals surface area contributed by atoms with Crippen LogP contribution in [0.5, 0.6) is 0 Å². The maximum absolute atomic E-state index is 12.8. The van der Waals surface area contributed by atoms with E-state index in [0.717, 1.165) is 5.56 Å². The zero-order chi connectivity index (χ0) is 13.1. The molecule has 1 amide bonds. The summed E-state index contributed by atoms with van der Waals surface area (Å²) in [6, 6.07) is 5.91. The molecule has 0 heterocycles. The highest BCUT2D eigenvalue weighted by Gasteiger charge is 2.32. The molecule has 1 N–H and O–H groups in total. The topological polar surface area (TPSA) is 40.5 Å². The summed E-state index contributed by atoms with van der Waals surface area (Å²) in [4.78, 5) is 13.6. The molecule has 0 atom stereocenters. The molecule has 0 unspecified atom stereocenters. The van der Waals surface area contributed by atoms with Crippen molar-refractivity contribution in [3.8, 4) is 0 Å². The zero-order valence-electron chi connectivity index (χ0n) is 10.4. The third kappa shape index (κ3) is 3.03. The van der Waals surface area contributed by atoms with E-state index in [2.05, 4.69) is 0 Å². The van der Waals surface area contributed by atoms with Crippen LogP contribution < -0.4 is 0 Å². The lowest BCUT2D eigenvalue weighted by Gasteiger charge is -2.29. The Kier molecular flexibility index (Phi) is 4.23. The van der Waals surface area contributed by atoms with Crippen molar-refractivity contribution in [2.75, 3.05) is 20.2 Å². The average molecular weight is 239 g/mol. The van der Waals surface area contributed by atoms with Gasteiger partial charge in [-0.3, -0.25) is 4.79 Å². The van der Waals surface area contributed by atoms with Crippen LogP contribution in [0, 0.1) is 5.82 Å². The standard InChI is InChI=1S/C13H18FNO2/c1-13(2,12(17)15(3)8-9-16)10-4-6-11(14)7-5-10/h4-7,16H,8-9H2,1-3H3. The van der Waals surface area contributed by atoms with Gasteiger partial charge in [0.25, 0.3) is 0 Å². The molecule has 0 aliphatic rings. The van der Waals surface area contributed by atoms with E-state index in [1.807, 2.05) is 0 Å². The van der Waals surface area contributed by atoms with Crippen LogP contribution in [-0.4, -0.2) is 36.1 Å². The number of benzene rings is 1. The van der Waals surface area contributed by atoms with Crippen LogP contribution >= 0.6 is 0 Å². The summed E-state index contributed by atoms with van der Waals surface area (Å²) >= 11 is 0. The smallest absolute Gasteiger partial charge is 0.232 e. The van der Waals surface area contributed by atoms with E-state index >= 15 is 0 Å². The Labute approximate surface area is 101 Å². The number of hydrogen-bond acceptors (Lipinski definition) is 2. The second kappa shape index (κ2) is 5.27. The van der Waals surface area contributed by atoms with Crippen molar-refractivity contribution < 1.29 is 14.3 Å². The number of aliphatic hydroxyl groups excluding tert-OH is 1. The van der Waals surface area contributed by atoms with Gasteiger partial charge in [0, 0.05) is 13.6 Å². The zero-order valence-corrected chi connectivity index (χ0v) is 10.4. The first-order valence-electron chi connectivity index (χ1n) is 5.52. The quantitative estimate of drug-likeness (QED) is 0.866. The maximum atomic E-state index is 12.8. The lowest BCUT2D eigenvalue weighted by atomic mass is 9.83. The van der Waals surface area contributed by atoms with E-state index in [0.29, 0.717) is 6.54 Å². The Bertz CT molecular complexity index is 387. The highest BCUT2D eigenvalue weighted by molar-refractivity contribution is 5.87. The average Bonchev–Trinajstić information content (AvgIpc) is 2.29. The minimum Gasteiger partial charge on any atom is -0.395 e. The van der Waals surface area contributed by atoms with Crippen molar-refractivity contribution in [1.82, 2.24) is 4.90 Å². The van der Waals surface area contributed by atoms with Gasteiger partial charge in [-0.1, -0.05) is 12.1 Å². The van der Waals surface area contributed by atoms with E-state index < -0.39 is 5.41 Å². The van der Waals surface area contributed by atoms with Crippen molar-refractivity contribution >= 4 is 5.91 Å². The van der Waals surface area contributed by atoms with Crippen molar-refractivity contribution in [1.29, 1.82) is 0 Å². The SMILES string of the molecule is CN(CCO)C(=O)C(C)(C)c1ccc(F)cc1. The molecular weight excluding hydrogens is 221 g/mol. The van der Waals surface area contributed by atoms with Gasteiger partial charge >= 0.3 is 0 Å². The molecule has 0 fully saturated rings. The first-order valence-corrected chi connectivity index (χ1v) is 5.52. The van der Waals surface area contributed by atoms with Crippen LogP contribution in [-0.2, 0) is 10.2 Å². The van der Waals surface area contributed by atoms with E-state index in [1.54, 1.807) is 33.0 Å². The molecule has 0 aromatic heterocycles. The van der Waals surface area contributed by atoms with Gasteiger partial charge in [0.1, 0.15) is 5.82 Å². The second-order valence-electron chi connectivity index (χ2n) is 4.58. The van der Waals surface area contributed by atoms with Crippen LogP contribution in [0.25, 0.3) is 0 Å². The largest absolute Gasteiger partial charge is 0.395 e. The third-order valence-electron chi connectivity index (χ3n) is 2.88. The highest BCUT2D eigenvalue weighted by Crippen LogP contribution is 2.25. The summed E-state index contributed by atoms with van der Waals surface area (Å²) < 4.78 is 12.8. The number of likely N-dealkylation sites (N-methyl/N-ethyl adjacent to an activating group) is 1. The van der Waals surface area contributed by atoms with E-state index in [9.17, 15) is 9.18 Å². The van der Waals surface area contributed by atoms with Gasteiger partial charge in [-0.25, -0.2) is 4.39 Å². The minimum absolute atomic E-state index is 0.0677. The number of amides is 1. The fourth-order valence-electron chi connectivity index (χ4n) is 1.72. The van der Waals surface area contributed by atoms with Crippen LogP contribution in [0.1, 0.15) is 19.4 Å². The predicted molar refractivity (Wildman–Crippen MR) is 64.1 cm³/mol. The van der Waals surface area contributed by atoms with Gasteiger partial charge < -0.3 is 10.0 Å². The van der Waals surface area contributed by atoms with Gasteiger partial charge in [-0.05, 0) is 31.5 Å². The summed E-state index contributed by atoms with van der Waals surface area (Å²) in [7, 11) is 1.64. The van der Waals surface area contributed by atoms with Gasteiger partial charge in [0.15, 0.2) is 0 Å². The summed E-state index contributed by atoms with van der Waals surface area (Å²) in [5.41, 5.74) is 0.0335. The molecule has 0 saturated heterocycles. The lowest BCUT2D eigenvalue weighted by molar-refractivity contribution is -0.135. The molecule has 0 saturated carbocycles. The molecular formula is C13H18FNO2. The lowest BCUT2D eigenvalue weighted by Crippen LogP contribution is -2.42. The van der Waals surface area contributed by atoms with Crippen LogP contribution in [0.2, 0.25) is 0 Å². The summed E-state index contributed by atoms with van der Waals surface area (Å²) in [6.45, 7) is 3.80. The van der Waals surface area contributed by atoms with Crippen molar-refractivity contribution in [2.24, 2.45) is 0 Å². The minimum atomic E-state index is -0.725. The Balaban J connectivity index is 2.93.